The molecule has 25 heavy (non-hydrogen) atoms. The number of benzene rings is 2. The number of aryl methyl sites for hydroxylation is 1. The molecule has 0 aliphatic heterocycles. The summed E-state index contributed by atoms with van der Waals surface area (Å²) in [6.07, 6.45) is 0. The summed E-state index contributed by atoms with van der Waals surface area (Å²) in [4.78, 5) is 35.0. The second-order valence-corrected chi connectivity index (χ2v) is 5.50. The Morgan fingerprint density at radius 2 is 1.72 bits per heavy atom. The third-order valence-corrected chi connectivity index (χ3v) is 3.23. The number of carbonyl (C=O) groups is 3. The predicted octanol–water partition coefficient (Wildman–Crippen LogP) is 1.81. The third kappa shape index (κ3) is 6.15. The van der Waals surface area contributed by atoms with Gasteiger partial charge in [-0.2, -0.15) is 0 Å². The van der Waals surface area contributed by atoms with Crippen LogP contribution in [0.2, 0.25) is 5.02 Å². The van der Waals surface area contributed by atoms with Gasteiger partial charge in [0.2, 0.25) is 0 Å². The zero-order valence-electron chi connectivity index (χ0n) is 13.3. The van der Waals surface area contributed by atoms with E-state index in [2.05, 4.69) is 10.7 Å². The first kappa shape index (κ1) is 18.3. The van der Waals surface area contributed by atoms with Gasteiger partial charge in [-0.1, -0.05) is 23.7 Å². The Hall–Kier alpha value is -3.06. The molecule has 0 saturated heterocycles. The molecule has 0 spiro atoms. The Balaban J connectivity index is 1.73. The molecule has 0 unspecified atom stereocenters. The normalized spacial score (nSPS) is 9.84. The number of hydrogen-bond acceptors (Lipinski definition) is 4. The lowest BCUT2D eigenvalue weighted by Gasteiger charge is -2.09. The SMILES string of the molecule is Cc1cccc(NC(=O)C(=O)NNC(=O)COc2ccc(Cl)cc2)c1. The molecule has 3 amide bonds. The monoisotopic (exact) mass is 361 g/mol. The van der Waals surface area contributed by atoms with Crippen LogP contribution in [0.1, 0.15) is 5.56 Å². The van der Waals surface area contributed by atoms with Gasteiger partial charge in [-0.05, 0) is 48.9 Å². The van der Waals surface area contributed by atoms with Crippen molar-refractivity contribution in [1.82, 2.24) is 10.9 Å². The van der Waals surface area contributed by atoms with Crippen LogP contribution >= 0.6 is 11.6 Å². The fourth-order valence-corrected chi connectivity index (χ4v) is 1.94. The summed E-state index contributed by atoms with van der Waals surface area (Å²) in [7, 11) is 0. The zero-order valence-corrected chi connectivity index (χ0v) is 14.1. The van der Waals surface area contributed by atoms with Gasteiger partial charge in [-0.15, -0.1) is 0 Å². The van der Waals surface area contributed by atoms with Crippen molar-refractivity contribution in [3.63, 3.8) is 0 Å². The van der Waals surface area contributed by atoms with Gasteiger partial charge in [-0.25, -0.2) is 0 Å². The van der Waals surface area contributed by atoms with Crippen molar-refractivity contribution >= 4 is 35.0 Å². The van der Waals surface area contributed by atoms with Gasteiger partial charge >= 0.3 is 11.8 Å². The van der Waals surface area contributed by atoms with E-state index in [9.17, 15) is 14.4 Å². The molecule has 3 N–H and O–H groups in total. The van der Waals surface area contributed by atoms with Gasteiger partial charge in [-0.3, -0.25) is 25.2 Å². The largest absolute Gasteiger partial charge is 0.484 e. The molecule has 0 aliphatic rings. The van der Waals surface area contributed by atoms with Crippen LogP contribution in [-0.2, 0) is 14.4 Å². The van der Waals surface area contributed by atoms with Crippen molar-refractivity contribution in [3.8, 4) is 5.75 Å². The molecule has 0 radical (unpaired) electrons. The number of hydrogen-bond donors (Lipinski definition) is 3. The minimum atomic E-state index is -0.999. The maximum absolute atomic E-state index is 11.7. The van der Waals surface area contributed by atoms with Gasteiger partial charge in [0.25, 0.3) is 5.91 Å². The standard InChI is InChI=1S/C17H16ClN3O4/c1-11-3-2-4-13(9-11)19-16(23)17(24)21-20-15(22)10-25-14-7-5-12(18)6-8-14/h2-9H,10H2,1H3,(H,19,23)(H,20,22)(H,21,24). The molecule has 0 heterocycles. The fourth-order valence-electron chi connectivity index (χ4n) is 1.81. The Morgan fingerprint density at radius 3 is 2.40 bits per heavy atom. The van der Waals surface area contributed by atoms with E-state index in [1.807, 2.05) is 18.4 Å². The lowest BCUT2D eigenvalue weighted by Crippen LogP contribution is -2.48. The van der Waals surface area contributed by atoms with Crippen molar-refractivity contribution in [3.05, 3.63) is 59.1 Å². The zero-order chi connectivity index (χ0) is 18.2. The average Bonchev–Trinajstić information content (AvgIpc) is 2.59. The Labute approximate surface area is 149 Å². The molecule has 0 atom stereocenters. The number of anilines is 1. The van der Waals surface area contributed by atoms with E-state index in [1.54, 1.807) is 42.5 Å². The van der Waals surface area contributed by atoms with E-state index >= 15 is 0 Å². The number of rotatable bonds is 4. The highest BCUT2D eigenvalue weighted by Gasteiger charge is 2.14. The van der Waals surface area contributed by atoms with Gasteiger partial charge in [0, 0.05) is 10.7 Å². The van der Waals surface area contributed by atoms with E-state index in [1.165, 1.54) is 0 Å². The number of halogens is 1. The van der Waals surface area contributed by atoms with Gasteiger partial charge in [0.15, 0.2) is 6.61 Å². The lowest BCUT2D eigenvalue weighted by molar-refractivity contribution is -0.138. The van der Waals surface area contributed by atoms with Crippen LogP contribution in [-0.4, -0.2) is 24.3 Å². The quantitative estimate of drug-likeness (QED) is 0.571. The predicted molar refractivity (Wildman–Crippen MR) is 93.0 cm³/mol. The van der Waals surface area contributed by atoms with Crippen LogP contribution in [0.15, 0.2) is 48.5 Å². The molecule has 8 heteroatoms. The van der Waals surface area contributed by atoms with Crippen LogP contribution in [0.3, 0.4) is 0 Å². The maximum atomic E-state index is 11.7. The van der Waals surface area contributed by atoms with E-state index in [0.717, 1.165) is 5.56 Å². The molecule has 2 rings (SSSR count). The highest BCUT2D eigenvalue weighted by Crippen LogP contribution is 2.15. The molecule has 0 aromatic heterocycles. The van der Waals surface area contributed by atoms with Crippen molar-refractivity contribution in [1.29, 1.82) is 0 Å². The molecule has 2 aromatic rings. The molecule has 130 valence electrons. The summed E-state index contributed by atoms with van der Waals surface area (Å²) in [6.45, 7) is 1.53. The minimum absolute atomic E-state index is 0.332. The fraction of sp³-hybridized carbons (Fsp3) is 0.118. The summed E-state index contributed by atoms with van der Waals surface area (Å²) < 4.78 is 5.20. The van der Waals surface area contributed by atoms with Gasteiger partial charge < -0.3 is 10.1 Å². The lowest BCUT2D eigenvalue weighted by atomic mass is 10.2. The molecule has 0 bridgehead atoms. The summed E-state index contributed by atoms with van der Waals surface area (Å²) in [6, 6.07) is 13.4. The minimum Gasteiger partial charge on any atom is -0.484 e. The van der Waals surface area contributed by atoms with Crippen LogP contribution in [0, 0.1) is 6.92 Å². The first-order valence-electron chi connectivity index (χ1n) is 7.29. The number of carbonyl (C=O) groups excluding carboxylic acids is 3. The van der Waals surface area contributed by atoms with Crippen LogP contribution in [0.5, 0.6) is 5.75 Å². The van der Waals surface area contributed by atoms with Crippen LogP contribution in [0.25, 0.3) is 0 Å². The van der Waals surface area contributed by atoms with E-state index < -0.39 is 17.7 Å². The first-order chi connectivity index (χ1) is 11.9. The van der Waals surface area contributed by atoms with Crippen LogP contribution in [0.4, 0.5) is 5.69 Å². The van der Waals surface area contributed by atoms with Gasteiger partial charge in [0.05, 0.1) is 0 Å². The summed E-state index contributed by atoms with van der Waals surface area (Å²) in [5.74, 6) is -2.07. The molecule has 2 aromatic carbocycles. The highest BCUT2D eigenvalue weighted by atomic mass is 35.5. The molecular weight excluding hydrogens is 346 g/mol. The summed E-state index contributed by atoms with van der Waals surface area (Å²) >= 11 is 5.74. The van der Waals surface area contributed by atoms with Crippen molar-refractivity contribution < 1.29 is 19.1 Å². The number of amides is 3. The second-order valence-electron chi connectivity index (χ2n) is 5.07. The highest BCUT2D eigenvalue weighted by molar-refractivity contribution is 6.39. The Morgan fingerprint density at radius 1 is 1.00 bits per heavy atom. The Kier molecular flexibility index (Phi) is 6.36. The molecule has 0 saturated carbocycles. The molecular formula is C17H16ClN3O4. The van der Waals surface area contributed by atoms with E-state index in [0.29, 0.717) is 16.5 Å². The topological polar surface area (TPSA) is 96.5 Å². The number of hydrazine groups is 1. The smallest absolute Gasteiger partial charge is 0.328 e. The average molecular weight is 362 g/mol. The van der Waals surface area contributed by atoms with E-state index in [4.69, 9.17) is 16.3 Å². The van der Waals surface area contributed by atoms with Crippen molar-refractivity contribution in [2.45, 2.75) is 6.92 Å². The molecule has 0 fully saturated rings. The molecule has 7 nitrogen and oxygen atoms in total. The first-order valence-corrected chi connectivity index (χ1v) is 7.67. The second kappa shape index (κ2) is 8.70. The number of ether oxygens (including phenoxy) is 1. The summed E-state index contributed by atoms with van der Waals surface area (Å²) in [5.41, 5.74) is 5.52. The Bertz CT molecular complexity index is 778. The van der Waals surface area contributed by atoms with Gasteiger partial charge in [0.1, 0.15) is 5.75 Å². The van der Waals surface area contributed by atoms with E-state index in [-0.39, 0.29) is 6.61 Å². The third-order valence-electron chi connectivity index (χ3n) is 2.98. The van der Waals surface area contributed by atoms with Crippen molar-refractivity contribution in [2.24, 2.45) is 0 Å². The van der Waals surface area contributed by atoms with Crippen molar-refractivity contribution in [2.75, 3.05) is 11.9 Å². The maximum Gasteiger partial charge on any atom is 0.328 e. The molecule has 0 aliphatic carbocycles. The van der Waals surface area contributed by atoms with Crippen LogP contribution < -0.4 is 20.9 Å². The summed E-state index contributed by atoms with van der Waals surface area (Å²) in [5, 5.41) is 2.97. The number of nitrogens with one attached hydrogen (secondary N) is 3.